The van der Waals surface area contributed by atoms with Gasteiger partial charge in [0.05, 0.1) is 0 Å². The van der Waals surface area contributed by atoms with Gasteiger partial charge >= 0.3 is 0 Å². The minimum absolute atomic E-state index is 0.652. The van der Waals surface area contributed by atoms with Crippen molar-refractivity contribution in [2.75, 3.05) is 0 Å². The summed E-state index contributed by atoms with van der Waals surface area (Å²) in [5, 5.41) is 3.05. The van der Waals surface area contributed by atoms with Gasteiger partial charge in [0.2, 0.25) is 0 Å². The summed E-state index contributed by atoms with van der Waals surface area (Å²) in [6, 6.07) is 0. The Hall–Kier alpha value is 0.0125. The zero-order valence-corrected chi connectivity index (χ0v) is 14.0. The van der Waals surface area contributed by atoms with Gasteiger partial charge in [-0.15, -0.1) is 4.44 Å². The van der Waals surface area contributed by atoms with E-state index < -0.39 is 14.1 Å². The maximum absolute atomic E-state index is 2.70. The van der Waals surface area contributed by atoms with Gasteiger partial charge in [-0.1, -0.05) is 67.8 Å². The first kappa shape index (κ1) is 14.4. The molecule has 18 heavy (non-hydrogen) atoms. The van der Waals surface area contributed by atoms with Crippen molar-refractivity contribution in [2.45, 2.75) is 58.0 Å². The molecule has 2 aliphatic rings. The van der Waals surface area contributed by atoms with Gasteiger partial charge < -0.3 is 0 Å². The van der Waals surface area contributed by atoms with E-state index in [0.29, 0.717) is 0 Å². The summed E-state index contributed by atoms with van der Waals surface area (Å²) in [7, 11) is 0. The standard InChI is InChI=1S/C9H11.2C4H9.Al/c1-2-8-5-7-3-4-9(8)6-7;2*1-4(2)3;/h2,4,7,9H,5-6H2,1H3;2*4H,1H2,2-3H3;. The lowest BCUT2D eigenvalue weighted by Gasteiger charge is -2.24. The van der Waals surface area contributed by atoms with Gasteiger partial charge in [0, 0.05) is 0 Å². The molecule has 0 heterocycles. The van der Waals surface area contributed by atoms with E-state index in [9.17, 15) is 0 Å². The van der Waals surface area contributed by atoms with E-state index in [1.165, 1.54) is 23.4 Å². The van der Waals surface area contributed by atoms with Gasteiger partial charge in [0.1, 0.15) is 0 Å². The lowest BCUT2D eigenvalue weighted by molar-refractivity contribution is 0.659. The third-order valence-corrected chi connectivity index (χ3v) is 9.35. The first-order valence-electron chi connectivity index (χ1n) is 7.87. The van der Waals surface area contributed by atoms with Crippen molar-refractivity contribution in [3.05, 3.63) is 22.2 Å². The third kappa shape index (κ3) is 3.12. The van der Waals surface area contributed by atoms with Crippen LogP contribution in [0.2, 0.25) is 10.6 Å². The third-order valence-electron chi connectivity index (χ3n) is 4.72. The molecule has 1 heteroatoms. The molecule has 100 valence electrons. The maximum atomic E-state index is 2.70. The molecule has 0 aromatic rings. The Kier molecular flexibility index (Phi) is 4.79. The van der Waals surface area contributed by atoms with Crippen molar-refractivity contribution in [1.82, 2.24) is 0 Å². The highest BCUT2D eigenvalue weighted by Crippen LogP contribution is 2.49. The van der Waals surface area contributed by atoms with Crippen LogP contribution in [0.4, 0.5) is 0 Å². The Morgan fingerprint density at radius 2 is 1.83 bits per heavy atom. The van der Waals surface area contributed by atoms with Crippen LogP contribution in [-0.4, -0.2) is 14.1 Å². The van der Waals surface area contributed by atoms with Crippen LogP contribution in [0.5, 0.6) is 0 Å². The van der Waals surface area contributed by atoms with Crippen LogP contribution in [0.1, 0.15) is 47.5 Å². The summed E-state index contributed by atoms with van der Waals surface area (Å²) in [6.45, 7) is 11.9. The average Bonchev–Trinajstić information content (AvgIpc) is 2.85. The zero-order valence-electron chi connectivity index (χ0n) is 12.9. The van der Waals surface area contributed by atoms with Crippen LogP contribution in [0, 0.1) is 23.7 Å². The molecule has 0 saturated heterocycles. The summed E-state index contributed by atoms with van der Waals surface area (Å²) in [5.41, 5.74) is 1.73. The van der Waals surface area contributed by atoms with Gasteiger partial charge in [-0.3, -0.25) is 0 Å². The molecule has 2 rings (SSSR count). The van der Waals surface area contributed by atoms with Crippen molar-refractivity contribution >= 4 is 14.1 Å². The van der Waals surface area contributed by atoms with Crippen molar-refractivity contribution in [1.29, 1.82) is 0 Å². The van der Waals surface area contributed by atoms with Crippen LogP contribution in [0.15, 0.2) is 22.2 Å². The Morgan fingerprint density at radius 3 is 2.22 bits per heavy atom. The molecule has 0 aromatic heterocycles. The first-order valence-corrected chi connectivity index (χ1v) is 10.1. The highest BCUT2D eigenvalue weighted by atomic mass is 27.2. The lowest BCUT2D eigenvalue weighted by Crippen LogP contribution is -2.24. The quantitative estimate of drug-likeness (QED) is 0.468. The van der Waals surface area contributed by atoms with E-state index in [-0.39, 0.29) is 0 Å². The van der Waals surface area contributed by atoms with Gasteiger partial charge in [-0.2, -0.15) is 0 Å². The van der Waals surface area contributed by atoms with Crippen LogP contribution in [0.25, 0.3) is 0 Å². The SMILES string of the molecule is CC=C1CC2CC1C=[C]2[Al]([CH2]C(C)C)[CH2]C(C)C. The summed E-state index contributed by atoms with van der Waals surface area (Å²) in [6.07, 6.45) is 7.92. The molecule has 1 fully saturated rings. The fourth-order valence-corrected chi connectivity index (χ4v) is 8.52. The molecular weight excluding hydrogens is 231 g/mol. The molecule has 0 radical (unpaired) electrons. The lowest BCUT2D eigenvalue weighted by atomic mass is 10.0. The van der Waals surface area contributed by atoms with Crippen LogP contribution in [-0.2, 0) is 0 Å². The van der Waals surface area contributed by atoms with Gasteiger partial charge in [0.25, 0.3) is 14.1 Å². The molecule has 0 amide bonds. The number of allylic oxidation sites excluding steroid dienone is 4. The highest BCUT2D eigenvalue weighted by molar-refractivity contribution is 6.67. The molecule has 2 aliphatic carbocycles. The normalized spacial score (nSPS) is 28.6. The van der Waals surface area contributed by atoms with E-state index in [2.05, 4.69) is 46.8 Å². The van der Waals surface area contributed by atoms with E-state index >= 15 is 0 Å². The molecule has 0 aromatic carbocycles. The summed E-state index contributed by atoms with van der Waals surface area (Å²) < 4.78 is 1.97. The average molecular weight is 260 g/mol. The molecule has 0 spiro atoms. The van der Waals surface area contributed by atoms with Gasteiger partial charge in [-0.25, -0.2) is 0 Å². The second kappa shape index (κ2) is 5.98. The Bertz CT molecular complexity index is 339. The Morgan fingerprint density at radius 1 is 1.22 bits per heavy atom. The number of hydrogen-bond acceptors (Lipinski definition) is 0. The molecule has 0 N–H and O–H groups in total. The van der Waals surface area contributed by atoms with Crippen molar-refractivity contribution in [3.63, 3.8) is 0 Å². The Labute approximate surface area is 118 Å². The predicted molar refractivity (Wildman–Crippen MR) is 83.1 cm³/mol. The molecule has 2 unspecified atom stereocenters. The summed E-state index contributed by atoms with van der Waals surface area (Å²) in [5.74, 6) is 3.57. The van der Waals surface area contributed by atoms with Crippen molar-refractivity contribution in [3.8, 4) is 0 Å². The first-order chi connectivity index (χ1) is 8.51. The smallest absolute Gasteiger partial charge is 0.131 e. The fourth-order valence-electron chi connectivity index (χ4n) is 4.08. The molecule has 1 saturated carbocycles. The van der Waals surface area contributed by atoms with Gasteiger partial charge in [-0.05, 0) is 31.6 Å². The van der Waals surface area contributed by atoms with E-state index in [4.69, 9.17) is 0 Å². The van der Waals surface area contributed by atoms with E-state index in [0.717, 1.165) is 23.7 Å². The summed E-state index contributed by atoms with van der Waals surface area (Å²) in [4.78, 5) is 0. The minimum Gasteiger partial charge on any atom is -0.131 e. The zero-order chi connectivity index (χ0) is 13.3. The van der Waals surface area contributed by atoms with Gasteiger partial charge in [0.15, 0.2) is 0 Å². The molecular formula is C17H29Al. The van der Waals surface area contributed by atoms with Crippen molar-refractivity contribution < 1.29 is 0 Å². The minimum atomic E-state index is -0.652. The fraction of sp³-hybridized carbons (Fsp3) is 0.765. The van der Waals surface area contributed by atoms with E-state index in [1.807, 2.05) is 4.44 Å². The summed E-state index contributed by atoms with van der Waals surface area (Å²) >= 11 is -0.652. The predicted octanol–water partition coefficient (Wildman–Crippen LogP) is 5.24. The second-order valence-electron chi connectivity index (χ2n) is 7.23. The maximum Gasteiger partial charge on any atom is 0.299 e. The Balaban J connectivity index is 2.11. The molecule has 2 atom stereocenters. The second-order valence-corrected chi connectivity index (χ2v) is 10.2. The monoisotopic (exact) mass is 260 g/mol. The number of hydrogen-bond donors (Lipinski definition) is 0. The van der Waals surface area contributed by atoms with E-state index in [1.54, 1.807) is 5.57 Å². The number of rotatable bonds is 5. The molecule has 0 aliphatic heterocycles. The number of fused-ring (bicyclic) bond motifs is 2. The molecule has 0 nitrogen and oxygen atoms in total. The van der Waals surface area contributed by atoms with Crippen molar-refractivity contribution in [2.24, 2.45) is 23.7 Å². The topological polar surface area (TPSA) is 0 Å². The largest absolute Gasteiger partial charge is 0.299 e. The van der Waals surface area contributed by atoms with Crippen LogP contribution >= 0.6 is 0 Å². The van der Waals surface area contributed by atoms with Crippen LogP contribution in [0.3, 0.4) is 0 Å². The molecule has 2 bridgehead atoms. The van der Waals surface area contributed by atoms with Crippen LogP contribution < -0.4 is 0 Å². The highest BCUT2D eigenvalue weighted by Gasteiger charge is 2.40.